The van der Waals surface area contributed by atoms with Crippen LogP contribution < -0.4 is 5.32 Å². The van der Waals surface area contributed by atoms with Gasteiger partial charge in [-0.25, -0.2) is 8.42 Å². The monoisotopic (exact) mass is 405 g/mol. The maximum absolute atomic E-state index is 12.8. The molecule has 8 heteroatoms. The lowest BCUT2D eigenvalue weighted by molar-refractivity contribution is -0.384. The second kappa shape index (κ2) is 6.69. The van der Waals surface area contributed by atoms with Crippen molar-refractivity contribution in [3.63, 3.8) is 0 Å². The highest BCUT2D eigenvalue weighted by Crippen LogP contribution is 2.59. The molecule has 1 heterocycles. The van der Waals surface area contributed by atoms with Gasteiger partial charge in [0.1, 0.15) is 5.69 Å². The van der Waals surface area contributed by atoms with Gasteiger partial charge < -0.3 is 5.32 Å². The average Bonchev–Trinajstić information content (AvgIpc) is 3.42. The van der Waals surface area contributed by atoms with E-state index in [2.05, 4.69) is 5.32 Å². The summed E-state index contributed by atoms with van der Waals surface area (Å²) < 4.78 is 27.0. The molecule has 28 heavy (non-hydrogen) atoms. The highest BCUT2D eigenvalue weighted by Gasteiger charge is 2.53. The fourth-order valence-corrected chi connectivity index (χ4v) is 7.99. The highest BCUT2D eigenvalue weighted by molar-refractivity contribution is 7.89. The van der Waals surface area contributed by atoms with Gasteiger partial charge in [-0.1, -0.05) is 6.42 Å². The summed E-state index contributed by atoms with van der Waals surface area (Å²) >= 11 is 0. The third-order valence-electron chi connectivity index (χ3n) is 7.64. The minimum Gasteiger partial charge on any atom is -0.376 e. The van der Waals surface area contributed by atoms with Crippen LogP contribution in [0.2, 0.25) is 0 Å². The van der Waals surface area contributed by atoms with E-state index in [0.29, 0.717) is 24.7 Å². The van der Waals surface area contributed by atoms with E-state index in [-0.39, 0.29) is 16.6 Å². The summed E-state index contributed by atoms with van der Waals surface area (Å²) in [6, 6.07) is 4.62. The first-order valence-electron chi connectivity index (χ1n) is 10.5. The molecule has 1 aromatic carbocycles. The van der Waals surface area contributed by atoms with Crippen molar-refractivity contribution in [2.24, 2.45) is 23.7 Å². The van der Waals surface area contributed by atoms with Crippen LogP contribution >= 0.6 is 0 Å². The molecule has 0 unspecified atom stereocenters. The molecular formula is C20H27N3O4S. The number of nitrogens with one attached hydrogen (secondary N) is 1. The van der Waals surface area contributed by atoms with E-state index in [1.54, 1.807) is 6.07 Å². The van der Waals surface area contributed by atoms with Crippen LogP contribution in [-0.4, -0.2) is 36.8 Å². The third kappa shape index (κ3) is 2.84. The number of hydrogen-bond donors (Lipinski definition) is 1. The van der Waals surface area contributed by atoms with Crippen LogP contribution in [0, 0.1) is 33.8 Å². The van der Waals surface area contributed by atoms with Crippen LogP contribution in [0.1, 0.15) is 44.9 Å². The van der Waals surface area contributed by atoms with E-state index in [4.69, 9.17) is 0 Å². The summed E-state index contributed by atoms with van der Waals surface area (Å²) in [4.78, 5) is 11.3. The summed E-state index contributed by atoms with van der Waals surface area (Å²) in [7, 11) is -3.66. The smallest absolute Gasteiger partial charge is 0.293 e. The second-order valence-corrected chi connectivity index (χ2v) is 10.9. The molecule has 1 aromatic rings. The predicted octanol–water partition coefficient (Wildman–Crippen LogP) is 3.62. The Kier molecular flexibility index (Phi) is 4.39. The van der Waals surface area contributed by atoms with Gasteiger partial charge in [0.15, 0.2) is 0 Å². The second-order valence-electron chi connectivity index (χ2n) is 8.95. The number of benzene rings is 1. The first kappa shape index (κ1) is 18.4. The largest absolute Gasteiger partial charge is 0.376 e. The average molecular weight is 406 g/mol. The molecule has 152 valence electrons. The Morgan fingerprint density at radius 2 is 1.79 bits per heavy atom. The summed E-state index contributed by atoms with van der Waals surface area (Å²) in [5, 5.41) is 15.1. The minimum atomic E-state index is -3.66. The lowest BCUT2D eigenvalue weighted by Crippen LogP contribution is -2.34. The maximum atomic E-state index is 12.8. The Balaban J connectivity index is 1.40. The standard InChI is InChI=1S/C20H27N3O4S/c24-23(25)20-12-14(28(26,27)22-8-1-2-9-22)6-7-18(20)21-19-11-13-10-17(19)16-5-3-4-15(13)16/h6-7,12-13,15-17,19,21H,1-5,8-11H2/t13-,15-,16+,17+,19-/m1/s1. The Bertz CT molecular complexity index is 897. The zero-order valence-electron chi connectivity index (χ0n) is 15.9. The lowest BCUT2D eigenvalue weighted by atomic mass is 9.79. The van der Waals surface area contributed by atoms with Gasteiger partial charge >= 0.3 is 0 Å². The molecule has 3 aliphatic carbocycles. The third-order valence-corrected chi connectivity index (χ3v) is 9.53. The Hall–Kier alpha value is -1.67. The molecule has 5 rings (SSSR count). The minimum absolute atomic E-state index is 0.0236. The molecule has 5 atom stereocenters. The quantitative estimate of drug-likeness (QED) is 0.597. The van der Waals surface area contributed by atoms with Gasteiger partial charge in [-0.2, -0.15) is 4.31 Å². The molecule has 0 amide bonds. The Morgan fingerprint density at radius 3 is 2.54 bits per heavy atom. The number of anilines is 1. The molecule has 7 nitrogen and oxygen atoms in total. The maximum Gasteiger partial charge on any atom is 0.293 e. The molecule has 1 saturated heterocycles. The topological polar surface area (TPSA) is 92.5 Å². The van der Waals surface area contributed by atoms with Gasteiger partial charge in [0.2, 0.25) is 10.0 Å². The van der Waals surface area contributed by atoms with Gasteiger partial charge in [-0.15, -0.1) is 0 Å². The first-order chi connectivity index (χ1) is 13.4. The molecule has 0 radical (unpaired) electrons. The van der Waals surface area contributed by atoms with Gasteiger partial charge in [0, 0.05) is 25.2 Å². The number of fused-ring (bicyclic) bond motifs is 5. The van der Waals surface area contributed by atoms with Crippen molar-refractivity contribution in [2.75, 3.05) is 18.4 Å². The number of hydrogen-bond acceptors (Lipinski definition) is 5. The lowest BCUT2D eigenvalue weighted by Gasteiger charge is -2.32. The number of rotatable bonds is 5. The van der Waals surface area contributed by atoms with E-state index in [1.165, 1.54) is 42.1 Å². The Morgan fingerprint density at radius 1 is 1.04 bits per heavy atom. The molecule has 3 saturated carbocycles. The van der Waals surface area contributed by atoms with Crippen LogP contribution in [-0.2, 0) is 10.0 Å². The fourth-order valence-electron chi connectivity index (χ4n) is 6.46. The van der Waals surface area contributed by atoms with Crippen molar-refractivity contribution in [1.29, 1.82) is 0 Å². The zero-order chi connectivity index (χ0) is 19.5. The molecule has 1 N–H and O–H groups in total. The van der Waals surface area contributed by atoms with Crippen LogP contribution in [0.25, 0.3) is 0 Å². The van der Waals surface area contributed by atoms with Crippen molar-refractivity contribution >= 4 is 21.4 Å². The van der Waals surface area contributed by atoms with Gasteiger partial charge in [-0.3, -0.25) is 10.1 Å². The molecule has 4 aliphatic rings. The number of nitro benzene ring substituents is 1. The van der Waals surface area contributed by atoms with Gasteiger partial charge in [-0.05, 0) is 74.3 Å². The van der Waals surface area contributed by atoms with Crippen LogP contribution in [0.15, 0.2) is 23.1 Å². The fraction of sp³-hybridized carbons (Fsp3) is 0.700. The van der Waals surface area contributed by atoms with Crippen molar-refractivity contribution in [3.8, 4) is 0 Å². The van der Waals surface area contributed by atoms with E-state index in [0.717, 1.165) is 37.0 Å². The van der Waals surface area contributed by atoms with Crippen molar-refractivity contribution in [2.45, 2.75) is 55.9 Å². The zero-order valence-corrected chi connectivity index (χ0v) is 16.7. The van der Waals surface area contributed by atoms with Crippen LogP contribution in [0.4, 0.5) is 11.4 Å². The van der Waals surface area contributed by atoms with E-state index in [9.17, 15) is 18.5 Å². The van der Waals surface area contributed by atoms with Gasteiger partial charge in [0.05, 0.1) is 9.82 Å². The van der Waals surface area contributed by atoms with Crippen molar-refractivity contribution < 1.29 is 13.3 Å². The first-order valence-corrected chi connectivity index (χ1v) is 11.9. The summed E-state index contributed by atoms with van der Waals surface area (Å²) in [5.74, 6) is 2.99. The van der Waals surface area contributed by atoms with E-state index in [1.807, 2.05) is 0 Å². The van der Waals surface area contributed by atoms with Crippen molar-refractivity contribution in [1.82, 2.24) is 4.31 Å². The normalized spacial score (nSPS) is 34.6. The molecular weight excluding hydrogens is 378 g/mol. The predicted molar refractivity (Wildman–Crippen MR) is 106 cm³/mol. The molecule has 1 aliphatic heterocycles. The van der Waals surface area contributed by atoms with Crippen molar-refractivity contribution in [3.05, 3.63) is 28.3 Å². The number of nitrogens with zero attached hydrogens (tertiary/aromatic N) is 2. The summed E-state index contributed by atoms with van der Waals surface area (Å²) in [6.45, 7) is 0.980. The SMILES string of the molecule is O=[N+]([O-])c1cc(S(=O)(=O)N2CCCC2)ccc1N[C@@H]1C[C@H]2C[C@H]1[C@H]1CCC[C@H]21. The van der Waals surface area contributed by atoms with Crippen LogP contribution in [0.3, 0.4) is 0 Å². The summed E-state index contributed by atoms with van der Waals surface area (Å²) in [5.41, 5.74) is 0.323. The number of sulfonamides is 1. The van der Waals surface area contributed by atoms with E-state index >= 15 is 0 Å². The van der Waals surface area contributed by atoms with Gasteiger partial charge in [0.25, 0.3) is 5.69 Å². The molecule has 4 fully saturated rings. The number of nitro groups is 1. The Labute approximate surface area is 165 Å². The van der Waals surface area contributed by atoms with Crippen LogP contribution in [0.5, 0.6) is 0 Å². The molecule has 2 bridgehead atoms. The molecule has 0 spiro atoms. The van der Waals surface area contributed by atoms with E-state index < -0.39 is 14.9 Å². The summed E-state index contributed by atoms with van der Waals surface area (Å²) in [6.07, 6.45) is 7.96. The molecule has 0 aromatic heterocycles. The highest BCUT2D eigenvalue weighted by atomic mass is 32.2.